The largest absolute Gasteiger partial charge is 0.497 e. The summed E-state index contributed by atoms with van der Waals surface area (Å²) in [6.07, 6.45) is 3.18. The Labute approximate surface area is 168 Å². The molecular weight excluding hydrogens is 398 g/mol. The summed E-state index contributed by atoms with van der Waals surface area (Å²) < 4.78 is 15.1. The van der Waals surface area contributed by atoms with Crippen LogP contribution >= 0.6 is 23.6 Å². The molecule has 0 saturated heterocycles. The van der Waals surface area contributed by atoms with E-state index >= 15 is 0 Å². The van der Waals surface area contributed by atoms with Gasteiger partial charge in [0.05, 0.1) is 7.11 Å². The maximum atomic E-state index is 12.8. The van der Waals surface area contributed by atoms with Gasteiger partial charge in [0.1, 0.15) is 23.3 Å². The molecule has 0 aliphatic heterocycles. The Balaban J connectivity index is 1.64. The third-order valence-corrected chi connectivity index (χ3v) is 5.49. The summed E-state index contributed by atoms with van der Waals surface area (Å²) >= 11 is 6.55. The second kappa shape index (κ2) is 7.49. The van der Waals surface area contributed by atoms with Gasteiger partial charge in [-0.25, -0.2) is 4.98 Å². The molecule has 142 valence electrons. The van der Waals surface area contributed by atoms with E-state index in [0.717, 1.165) is 11.3 Å². The van der Waals surface area contributed by atoms with Crippen LogP contribution < -0.4 is 10.3 Å². The summed E-state index contributed by atoms with van der Waals surface area (Å²) in [7, 11) is 1.60. The van der Waals surface area contributed by atoms with Crippen molar-refractivity contribution in [3.63, 3.8) is 0 Å². The van der Waals surface area contributed by atoms with Gasteiger partial charge in [-0.2, -0.15) is 0 Å². The summed E-state index contributed by atoms with van der Waals surface area (Å²) in [5.41, 5.74) is 1.12. The fourth-order valence-electron chi connectivity index (χ4n) is 2.69. The van der Waals surface area contributed by atoms with Crippen molar-refractivity contribution in [2.24, 2.45) is 0 Å². The zero-order valence-corrected chi connectivity index (χ0v) is 16.5. The number of ether oxygens (including phenoxy) is 1. The Morgan fingerprint density at radius 3 is 2.82 bits per heavy atom. The van der Waals surface area contributed by atoms with Gasteiger partial charge in [0.2, 0.25) is 11.8 Å². The molecule has 0 amide bonds. The Hall–Kier alpha value is -3.11. The van der Waals surface area contributed by atoms with Gasteiger partial charge in [-0.3, -0.25) is 9.36 Å². The normalized spacial score (nSPS) is 11.0. The van der Waals surface area contributed by atoms with E-state index in [2.05, 4.69) is 21.8 Å². The Bertz CT molecular complexity index is 1270. The van der Waals surface area contributed by atoms with Gasteiger partial charge < -0.3 is 13.7 Å². The zero-order chi connectivity index (χ0) is 19.7. The minimum Gasteiger partial charge on any atom is -0.497 e. The lowest BCUT2D eigenvalue weighted by Gasteiger charge is -2.03. The Morgan fingerprint density at radius 1 is 1.32 bits per heavy atom. The molecule has 4 aromatic rings. The van der Waals surface area contributed by atoms with Crippen molar-refractivity contribution in [3.05, 3.63) is 63.4 Å². The molecule has 4 rings (SSSR count). The maximum Gasteiger partial charge on any atom is 0.273 e. The molecule has 0 N–H and O–H groups in total. The smallest absolute Gasteiger partial charge is 0.273 e. The lowest BCUT2D eigenvalue weighted by molar-refractivity contribution is 0.415. The second-order valence-corrected chi connectivity index (χ2v) is 7.47. The number of nitrogens with zero attached hydrogens (tertiary/aromatic N) is 5. The molecule has 1 aromatic carbocycles. The Kier molecular flexibility index (Phi) is 4.88. The summed E-state index contributed by atoms with van der Waals surface area (Å²) in [5.74, 6) is 1.41. The van der Waals surface area contributed by atoms with E-state index in [4.69, 9.17) is 21.4 Å². The molecule has 0 aliphatic carbocycles. The molecule has 0 atom stereocenters. The summed E-state index contributed by atoms with van der Waals surface area (Å²) in [5, 5.41) is 8.08. The van der Waals surface area contributed by atoms with E-state index in [1.807, 2.05) is 24.3 Å². The highest BCUT2D eigenvalue weighted by molar-refractivity contribution is 7.73. The molecule has 8 nitrogen and oxygen atoms in total. The van der Waals surface area contributed by atoms with Crippen LogP contribution in [0, 0.1) is 3.95 Å². The SMILES string of the molecule is C=CCn1c(=S)sc2c(=O)n(Cc3nnc(-c4ccc(OC)cc4)o3)cnc21. The van der Waals surface area contributed by atoms with Crippen LogP contribution in [-0.2, 0) is 13.1 Å². The van der Waals surface area contributed by atoms with Gasteiger partial charge in [-0.15, -0.1) is 16.8 Å². The van der Waals surface area contributed by atoms with Crippen molar-refractivity contribution in [1.29, 1.82) is 0 Å². The van der Waals surface area contributed by atoms with Gasteiger partial charge in [0, 0.05) is 12.1 Å². The molecule has 0 bridgehead atoms. The van der Waals surface area contributed by atoms with E-state index in [9.17, 15) is 4.79 Å². The van der Waals surface area contributed by atoms with Crippen molar-refractivity contribution >= 4 is 33.9 Å². The fourth-order valence-corrected chi connectivity index (χ4v) is 4.00. The highest BCUT2D eigenvalue weighted by Crippen LogP contribution is 2.22. The van der Waals surface area contributed by atoms with Crippen molar-refractivity contribution in [1.82, 2.24) is 24.3 Å². The third kappa shape index (κ3) is 3.27. The highest BCUT2D eigenvalue weighted by Gasteiger charge is 2.14. The van der Waals surface area contributed by atoms with Crippen LogP contribution in [0.2, 0.25) is 0 Å². The summed E-state index contributed by atoms with van der Waals surface area (Å²) in [6.45, 7) is 4.33. The van der Waals surface area contributed by atoms with Crippen LogP contribution in [0.3, 0.4) is 0 Å². The molecule has 0 unspecified atom stereocenters. The van der Waals surface area contributed by atoms with Crippen LogP contribution in [-0.4, -0.2) is 31.4 Å². The average molecular weight is 413 g/mol. The first-order valence-electron chi connectivity index (χ1n) is 8.27. The predicted molar refractivity (Wildman–Crippen MR) is 108 cm³/mol. The number of hydrogen-bond acceptors (Lipinski definition) is 8. The molecular formula is C18H15N5O3S2. The van der Waals surface area contributed by atoms with Crippen LogP contribution in [0.25, 0.3) is 21.8 Å². The molecule has 0 saturated carbocycles. The molecule has 0 aliphatic rings. The summed E-state index contributed by atoms with van der Waals surface area (Å²) in [4.78, 5) is 17.2. The molecule has 3 aromatic heterocycles. The predicted octanol–water partition coefficient (Wildman–Crippen LogP) is 3.28. The molecule has 0 fully saturated rings. The molecule has 0 spiro atoms. The van der Waals surface area contributed by atoms with Gasteiger partial charge in [-0.1, -0.05) is 17.4 Å². The fraction of sp³-hybridized carbons (Fsp3) is 0.167. The van der Waals surface area contributed by atoms with Crippen LogP contribution in [0.15, 0.2) is 52.5 Å². The molecule has 28 heavy (non-hydrogen) atoms. The lowest BCUT2D eigenvalue weighted by atomic mass is 10.2. The third-order valence-electron chi connectivity index (χ3n) is 4.06. The maximum absolute atomic E-state index is 12.8. The monoisotopic (exact) mass is 413 g/mol. The van der Waals surface area contributed by atoms with Crippen LogP contribution in [0.5, 0.6) is 5.75 Å². The van der Waals surface area contributed by atoms with Crippen molar-refractivity contribution in [2.75, 3.05) is 7.11 Å². The number of thiazole rings is 1. The minimum atomic E-state index is -0.201. The number of fused-ring (bicyclic) bond motifs is 1. The van der Waals surface area contributed by atoms with Gasteiger partial charge in [0.25, 0.3) is 5.56 Å². The Morgan fingerprint density at radius 2 is 2.11 bits per heavy atom. The van der Waals surface area contributed by atoms with Gasteiger partial charge in [0.15, 0.2) is 9.60 Å². The number of rotatable bonds is 6. The van der Waals surface area contributed by atoms with Gasteiger partial charge in [-0.05, 0) is 36.5 Å². The van der Waals surface area contributed by atoms with Crippen molar-refractivity contribution in [3.8, 4) is 17.2 Å². The van der Waals surface area contributed by atoms with E-state index in [0.29, 0.717) is 32.6 Å². The zero-order valence-electron chi connectivity index (χ0n) is 14.9. The minimum absolute atomic E-state index is 0.122. The standard InChI is InChI=1S/C18H15N5O3S2/c1-3-8-23-15-14(28-18(23)27)17(24)22(10-19-15)9-13-20-21-16(26-13)11-4-6-12(25-2)7-5-11/h3-7,10H,1,8-9H2,2H3. The van der Waals surface area contributed by atoms with E-state index in [1.54, 1.807) is 17.8 Å². The van der Waals surface area contributed by atoms with Crippen LogP contribution in [0.4, 0.5) is 0 Å². The number of benzene rings is 1. The lowest BCUT2D eigenvalue weighted by Crippen LogP contribution is -2.21. The summed E-state index contributed by atoms with van der Waals surface area (Å²) in [6, 6.07) is 7.27. The molecule has 10 heteroatoms. The second-order valence-electron chi connectivity index (χ2n) is 5.83. The number of methoxy groups -OCH3 is 1. The molecule has 0 radical (unpaired) electrons. The van der Waals surface area contributed by atoms with Crippen LogP contribution in [0.1, 0.15) is 5.89 Å². The topological polar surface area (TPSA) is 88.0 Å². The number of aromatic nitrogens is 5. The van der Waals surface area contributed by atoms with Crippen molar-refractivity contribution < 1.29 is 9.15 Å². The first kappa shape index (κ1) is 18.3. The average Bonchev–Trinajstić information content (AvgIpc) is 3.30. The molecule has 3 heterocycles. The number of hydrogen-bond donors (Lipinski definition) is 0. The number of allylic oxidation sites excluding steroid dienone is 1. The van der Waals surface area contributed by atoms with Gasteiger partial charge >= 0.3 is 0 Å². The van der Waals surface area contributed by atoms with Crippen molar-refractivity contribution in [2.45, 2.75) is 13.1 Å². The van der Waals surface area contributed by atoms with E-state index < -0.39 is 0 Å². The van der Waals surface area contributed by atoms with E-state index in [1.165, 1.54) is 22.2 Å². The van der Waals surface area contributed by atoms with E-state index in [-0.39, 0.29) is 12.1 Å². The first-order chi connectivity index (χ1) is 13.6. The first-order valence-corrected chi connectivity index (χ1v) is 9.49. The highest BCUT2D eigenvalue weighted by atomic mass is 32.1. The quantitative estimate of drug-likeness (QED) is 0.354.